The average Bonchev–Trinajstić information content (AvgIpc) is 3.97. The van der Waals surface area contributed by atoms with Crippen LogP contribution in [0.5, 0.6) is 0 Å². The molecule has 2 aliphatic heterocycles. The molecule has 0 fully saturated rings. The second-order valence-corrected chi connectivity index (χ2v) is 24.3. The topological polar surface area (TPSA) is 24.6 Å². The van der Waals surface area contributed by atoms with Crippen LogP contribution in [0.4, 0.5) is 34.1 Å². The van der Waals surface area contributed by atoms with E-state index in [1.165, 1.54) is 89.0 Å². The van der Waals surface area contributed by atoms with Crippen molar-refractivity contribution in [1.29, 1.82) is 0 Å². The zero-order valence-electron chi connectivity index (χ0n) is 43.3. The maximum absolute atomic E-state index is 6.69. The van der Waals surface area contributed by atoms with Gasteiger partial charge in [0.15, 0.2) is 0 Å². The third-order valence-electron chi connectivity index (χ3n) is 16.2. The maximum atomic E-state index is 6.69. The number of aryl methyl sites for hydroxylation is 1. The molecule has 71 heavy (non-hydrogen) atoms. The number of benzene rings is 8. The molecule has 10 aromatic rings. The fourth-order valence-electron chi connectivity index (χ4n) is 12.6. The maximum Gasteiger partial charge on any atom is 0.252 e. The molecular weight excluding hydrogens is 862 g/mol. The van der Waals surface area contributed by atoms with Crippen molar-refractivity contribution < 1.29 is 4.42 Å². The zero-order valence-corrected chi connectivity index (χ0v) is 43.3. The van der Waals surface area contributed by atoms with Crippen molar-refractivity contribution in [3.8, 4) is 16.8 Å². The van der Waals surface area contributed by atoms with Gasteiger partial charge in [-0.2, -0.15) is 0 Å². The van der Waals surface area contributed by atoms with E-state index in [2.05, 4.69) is 255 Å². The van der Waals surface area contributed by atoms with E-state index >= 15 is 0 Å². The van der Waals surface area contributed by atoms with E-state index in [4.69, 9.17) is 4.42 Å². The Labute approximate surface area is 419 Å². The Morgan fingerprint density at radius 2 is 1.11 bits per heavy atom. The summed E-state index contributed by atoms with van der Waals surface area (Å²) in [5.74, 6) is 0. The third-order valence-corrected chi connectivity index (χ3v) is 16.2. The largest absolute Gasteiger partial charge is 0.456 e. The quantitative estimate of drug-likeness (QED) is 0.164. The van der Waals surface area contributed by atoms with Crippen LogP contribution in [-0.2, 0) is 21.7 Å². The van der Waals surface area contributed by atoms with Crippen LogP contribution in [0.15, 0.2) is 162 Å². The monoisotopic (exact) mass is 923 g/mol. The molecule has 4 heterocycles. The summed E-state index contributed by atoms with van der Waals surface area (Å²) < 4.78 is 9.39. The lowest BCUT2D eigenvalue weighted by Crippen LogP contribution is -2.61. The van der Waals surface area contributed by atoms with Gasteiger partial charge in [0.25, 0.3) is 6.71 Å². The molecule has 5 heteroatoms. The summed E-state index contributed by atoms with van der Waals surface area (Å²) in [4.78, 5) is 5.05. The molecule has 2 aromatic heterocycles. The smallest absolute Gasteiger partial charge is 0.252 e. The Morgan fingerprint density at radius 1 is 0.507 bits per heavy atom. The van der Waals surface area contributed by atoms with E-state index in [-0.39, 0.29) is 28.4 Å². The highest BCUT2D eigenvalue weighted by atomic mass is 16.3. The molecule has 8 aromatic carbocycles. The zero-order chi connectivity index (χ0) is 49.3. The van der Waals surface area contributed by atoms with Crippen LogP contribution in [0.2, 0.25) is 0 Å². The van der Waals surface area contributed by atoms with Gasteiger partial charge >= 0.3 is 0 Å². The number of furan rings is 1. The minimum absolute atomic E-state index is 0.0293. The lowest BCUT2D eigenvalue weighted by atomic mass is 9.33. The second-order valence-electron chi connectivity index (χ2n) is 24.3. The molecule has 4 nitrogen and oxygen atoms in total. The summed E-state index contributed by atoms with van der Waals surface area (Å²) >= 11 is 0. The highest BCUT2D eigenvalue weighted by Crippen LogP contribution is 2.55. The van der Waals surface area contributed by atoms with Gasteiger partial charge in [-0.05, 0) is 146 Å². The Kier molecular flexibility index (Phi) is 9.04. The molecule has 0 amide bonds. The normalized spacial score (nSPS) is 14.5. The van der Waals surface area contributed by atoms with Gasteiger partial charge in [-0.15, -0.1) is 0 Å². The minimum atomic E-state index is -0.227. The first kappa shape index (κ1) is 43.8. The molecule has 1 aliphatic carbocycles. The molecule has 0 unspecified atom stereocenters. The Bertz CT molecular complexity index is 3810. The summed E-state index contributed by atoms with van der Waals surface area (Å²) in [7, 11) is 0. The lowest BCUT2D eigenvalue weighted by molar-refractivity contribution is 0.590. The van der Waals surface area contributed by atoms with Crippen LogP contribution >= 0.6 is 0 Å². The number of nitrogens with zero attached hydrogens (tertiary/aromatic N) is 3. The highest BCUT2D eigenvalue weighted by Gasteiger charge is 2.48. The van der Waals surface area contributed by atoms with Gasteiger partial charge in [-0.25, -0.2) is 0 Å². The van der Waals surface area contributed by atoms with E-state index in [1.807, 2.05) is 0 Å². The fraction of sp³-hybridized carbons (Fsp3) is 0.242. The van der Waals surface area contributed by atoms with E-state index < -0.39 is 0 Å². The first-order valence-electron chi connectivity index (χ1n) is 25.6. The Hall–Kier alpha value is -7.24. The van der Waals surface area contributed by atoms with Crippen molar-refractivity contribution in [2.75, 3.05) is 9.80 Å². The Morgan fingerprint density at radius 3 is 1.79 bits per heavy atom. The second kappa shape index (κ2) is 14.7. The van der Waals surface area contributed by atoms with Crippen LogP contribution in [-0.4, -0.2) is 11.3 Å². The van der Waals surface area contributed by atoms with Crippen molar-refractivity contribution in [3.05, 3.63) is 191 Å². The van der Waals surface area contributed by atoms with Crippen molar-refractivity contribution in [1.82, 2.24) is 4.57 Å². The van der Waals surface area contributed by atoms with Gasteiger partial charge in [-0.1, -0.05) is 161 Å². The predicted molar refractivity (Wildman–Crippen MR) is 303 cm³/mol. The molecular formula is C66H62BN3O. The third kappa shape index (κ3) is 6.30. The number of anilines is 6. The molecule has 13 rings (SSSR count). The predicted octanol–water partition coefficient (Wildman–Crippen LogP) is 16.1. The van der Waals surface area contributed by atoms with Gasteiger partial charge in [0.2, 0.25) is 0 Å². The summed E-state index contributed by atoms with van der Waals surface area (Å²) in [6, 6.07) is 60.1. The van der Waals surface area contributed by atoms with E-state index in [0.717, 1.165) is 44.7 Å². The van der Waals surface area contributed by atoms with E-state index in [9.17, 15) is 0 Å². The average molecular weight is 924 g/mol. The van der Waals surface area contributed by atoms with Crippen LogP contribution in [0.3, 0.4) is 0 Å². The van der Waals surface area contributed by atoms with Crippen molar-refractivity contribution in [2.45, 2.75) is 105 Å². The van der Waals surface area contributed by atoms with Crippen molar-refractivity contribution in [2.24, 2.45) is 0 Å². The van der Waals surface area contributed by atoms with Crippen molar-refractivity contribution in [3.63, 3.8) is 0 Å². The summed E-state index contributed by atoms with van der Waals surface area (Å²) in [5.41, 5.74) is 25.7. The van der Waals surface area contributed by atoms with Gasteiger partial charge < -0.3 is 18.8 Å². The first-order chi connectivity index (χ1) is 33.8. The summed E-state index contributed by atoms with van der Waals surface area (Å²) in [6.45, 7) is 28.0. The highest BCUT2D eigenvalue weighted by molar-refractivity contribution is 7.00. The molecule has 0 spiro atoms. The van der Waals surface area contributed by atoms with E-state index in [0.29, 0.717) is 0 Å². The van der Waals surface area contributed by atoms with Crippen LogP contribution in [0, 0.1) is 6.92 Å². The molecule has 0 N–H and O–H groups in total. The van der Waals surface area contributed by atoms with Gasteiger partial charge in [0.05, 0.1) is 11.1 Å². The molecule has 0 atom stereocenters. The summed E-state index contributed by atoms with van der Waals surface area (Å²) in [5, 5.41) is 3.59. The SMILES string of the molecule is Cc1cc2c3c(c1)-n1c4c(c5cc(C(C)(C)C)cc(c51)B3c1ccc(N(c3ccc(C(C)(C)C)cc3)c3ccc(C(C)(C)C)cc3)cc1N2c1cccc2oc3ccccc3c12)-c1ccccc1C4(C)C. The molecule has 0 saturated carbocycles. The molecule has 0 saturated heterocycles. The molecule has 0 radical (unpaired) electrons. The van der Waals surface area contributed by atoms with Crippen LogP contribution in [0.1, 0.15) is 110 Å². The van der Waals surface area contributed by atoms with Gasteiger partial charge in [0.1, 0.15) is 11.2 Å². The van der Waals surface area contributed by atoms with E-state index in [1.54, 1.807) is 0 Å². The number of fused-ring (bicyclic) bond motifs is 12. The van der Waals surface area contributed by atoms with Crippen molar-refractivity contribution >= 4 is 90.1 Å². The number of rotatable bonds is 4. The molecule has 350 valence electrons. The lowest BCUT2D eigenvalue weighted by Gasteiger charge is -2.42. The fourth-order valence-corrected chi connectivity index (χ4v) is 12.6. The number of para-hydroxylation sites is 1. The Balaban J connectivity index is 1.15. The molecule has 0 bridgehead atoms. The molecule has 3 aliphatic rings. The van der Waals surface area contributed by atoms with Gasteiger partial charge in [0, 0.05) is 67.1 Å². The number of hydrogen-bond donors (Lipinski definition) is 0. The number of aromatic nitrogens is 1. The standard InChI is InChI=1S/C66H62BN3O/c1-39-34-54-60-55(35-39)70-61-48(58-46-18-13-15-20-49(46)66(11,12)62(58)70)36-42(65(8,9)10)37-51(61)67(60)50-33-32-45(38-53(50)69(54)52-21-17-23-57-59(52)47-19-14-16-22-56(47)71-57)68(43-28-24-40(25-29-43)63(2,3)4)44-30-26-41(27-31-44)64(5,6)7/h13-38H,1-12H3. The summed E-state index contributed by atoms with van der Waals surface area (Å²) in [6.07, 6.45) is 0. The first-order valence-corrected chi connectivity index (χ1v) is 25.6. The van der Waals surface area contributed by atoms with Crippen LogP contribution in [0.25, 0.3) is 49.7 Å². The minimum Gasteiger partial charge on any atom is -0.456 e. The number of hydrogen-bond acceptors (Lipinski definition) is 3. The van der Waals surface area contributed by atoms with Gasteiger partial charge in [-0.3, -0.25) is 0 Å². The van der Waals surface area contributed by atoms with Crippen LogP contribution < -0.4 is 26.2 Å².